The van der Waals surface area contributed by atoms with E-state index in [1.807, 2.05) is 0 Å². The summed E-state index contributed by atoms with van der Waals surface area (Å²) in [6.45, 7) is 0. The molecular formula is C15H9ClF2N4O2. The molecule has 122 valence electrons. The third-order valence-electron chi connectivity index (χ3n) is 3.00. The number of aromatic nitrogens is 2. The van der Waals surface area contributed by atoms with Crippen molar-refractivity contribution in [2.45, 2.75) is 0 Å². The Balaban J connectivity index is 1.69. The third kappa shape index (κ3) is 3.33. The van der Waals surface area contributed by atoms with E-state index in [0.29, 0.717) is 10.6 Å². The molecule has 0 aliphatic carbocycles. The van der Waals surface area contributed by atoms with Gasteiger partial charge >= 0.3 is 6.01 Å². The van der Waals surface area contributed by atoms with Gasteiger partial charge in [-0.25, -0.2) is 14.2 Å². The van der Waals surface area contributed by atoms with Gasteiger partial charge in [0.15, 0.2) is 0 Å². The van der Waals surface area contributed by atoms with Crippen LogP contribution in [-0.4, -0.2) is 16.0 Å². The van der Waals surface area contributed by atoms with Crippen LogP contribution in [0.5, 0.6) is 0 Å². The summed E-state index contributed by atoms with van der Waals surface area (Å²) in [5.41, 5.74) is 4.31. The lowest BCUT2D eigenvalue weighted by atomic mass is 10.2. The zero-order valence-corrected chi connectivity index (χ0v) is 12.6. The Morgan fingerprint density at radius 3 is 2.42 bits per heavy atom. The van der Waals surface area contributed by atoms with Crippen molar-refractivity contribution < 1.29 is 18.1 Å². The fraction of sp³-hybridized carbons (Fsp3) is 0. The molecule has 2 N–H and O–H groups in total. The van der Waals surface area contributed by atoms with Gasteiger partial charge in [0.25, 0.3) is 5.91 Å². The Kier molecular flexibility index (Phi) is 4.39. The van der Waals surface area contributed by atoms with E-state index in [1.54, 1.807) is 24.3 Å². The first-order chi connectivity index (χ1) is 11.5. The molecule has 0 radical (unpaired) electrons. The molecule has 6 nitrogen and oxygen atoms in total. The first-order valence-electron chi connectivity index (χ1n) is 6.64. The molecule has 3 aromatic rings. The topological polar surface area (TPSA) is 80.0 Å². The number of hydrazine groups is 1. The van der Waals surface area contributed by atoms with E-state index in [1.165, 1.54) is 0 Å². The van der Waals surface area contributed by atoms with Gasteiger partial charge in [0, 0.05) is 10.6 Å². The van der Waals surface area contributed by atoms with Gasteiger partial charge in [-0.05, 0) is 36.4 Å². The summed E-state index contributed by atoms with van der Waals surface area (Å²) >= 11 is 5.79. The van der Waals surface area contributed by atoms with E-state index < -0.39 is 23.1 Å². The van der Waals surface area contributed by atoms with Crippen LogP contribution in [0, 0.1) is 11.6 Å². The highest BCUT2D eigenvalue weighted by atomic mass is 35.5. The van der Waals surface area contributed by atoms with Crippen LogP contribution in [0.25, 0.3) is 11.4 Å². The number of hydrogen-bond donors (Lipinski definition) is 2. The molecule has 0 unspecified atom stereocenters. The maximum atomic E-state index is 13.5. The molecule has 1 amide bonds. The quantitative estimate of drug-likeness (QED) is 0.705. The van der Waals surface area contributed by atoms with Crippen molar-refractivity contribution in [3.8, 4) is 11.4 Å². The highest BCUT2D eigenvalue weighted by Crippen LogP contribution is 2.19. The van der Waals surface area contributed by atoms with Gasteiger partial charge in [-0.2, -0.15) is 4.98 Å². The van der Waals surface area contributed by atoms with Crippen molar-refractivity contribution in [2.75, 3.05) is 5.43 Å². The standard InChI is InChI=1S/C15H9ClF2N4O2/c16-9-6-4-8(5-7-9)13-19-15(24-22-13)21-20-14(23)12-10(17)2-1-3-11(12)18/h1-7H,(H,20,23)(H,19,21,22). The summed E-state index contributed by atoms with van der Waals surface area (Å²) in [4.78, 5) is 15.8. The summed E-state index contributed by atoms with van der Waals surface area (Å²) in [5.74, 6) is -2.74. The molecule has 0 bridgehead atoms. The number of carbonyl (C=O) groups excluding carboxylic acids is 1. The van der Waals surface area contributed by atoms with Crippen LogP contribution in [0.15, 0.2) is 47.0 Å². The van der Waals surface area contributed by atoms with Crippen LogP contribution in [0.3, 0.4) is 0 Å². The molecule has 1 aromatic heterocycles. The maximum absolute atomic E-state index is 13.5. The van der Waals surface area contributed by atoms with Crippen LogP contribution in [-0.2, 0) is 0 Å². The number of halogens is 3. The minimum Gasteiger partial charge on any atom is -0.313 e. The fourth-order valence-corrected chi connectivity index (χ4v) is 2.00. The van der Waals surface area contributed by atoms with Gasteiger partial charge in [0.1, 0.15) is 17.2 Å². The Morgan fingerprint density at radius 1 is 1.08 bits per heavy atom. The molecular weight excluding hydrogens is 342 g/mol. The minimum absolute atomic E-state index is 0.148. The maximum Gasteiger partial charge on any atom is 0.340 e. The van der Waals surface area contributed by atoms with Gasteiger partial charge in [-0.1, -0.05) is 22.8 Å². The highest BCUT2D eigenvalue weighted by molar-refractivity contribution is 6.30. The number of rotatable bonds is 4. The van der Waals surface area contributed by atoms with E-state index >= 15 is 0 Å². The minimum atomic E-state index is -1.02. The predicted molar refractivity (Wildman–Crippen MR) is 82.2 cm³/mol. The third-order valence-corrected chi connectivity index (χ3v) is 3.25. The molecule has 1 heterocycles. The number of nitrogens with zero attached hydrogens (tertiary/aromatic N) is 2. The average molecular weight is 351 g/mol. The lowest BCUT2D eigenvalue weighted by Crippen LogP contribution is -2.31. The molecule has 24 heavy (non-hydrogen) atoms. The van der Waals surface area contributed by atoms with Crippen molar-refractivity contribution in [1.82, 2.24) is 15.6 Å². The van der Waals surface area contributed by atoms with Gasteiger partial charge < -0.3 is 4.52 Å². The van der Waals surface area contributed by atoms with E-state index in [4.69, 9.17) is 16.1 Å². The smallest absolute Gasteiger partial charge is 0.313 e. The van der Waals surface area contributed by atoms with E-state index in [2.05, 4.69) is 21.0 Å². The normalized spacial score (nSPS) is 10.5. The van der Waals surface area contributed by atoms with Crippen LogP contribution in [0.2, 0.25) is 5.02 Å². The number of carbonyl (C=O) groups is 1. The number of amides is 1. The second-order valence-electron chi connectivity index (χ2n) is 4.61. The number of nitrogens with one attached hydrogen (secondary N) is 2. The van der Waals surface area contributed by atoms with Gasteiger partial charge in [0.05, 0.1) is 0 Å². The summed E-state index contributed by atoms with van der Waals surface area (Å²) in [5, 5.41) is 4.27. The Hall–Kier alpha value is -3.00. The summed E-state index contributed by atoms with van der Waals surface area (Å²) in [6, 6.07) is 9.64. The lowest BCUT2D eigenvalue weighted by molar-refractivity contribution is 0.0952. The Morgan fingerprint density at radius 2 is 1.75 bits per heavy atom. The molecule has 2 aromatic carbocycles. The fourth-order valence-electron chi connectivity index (χ4n) is 1.88. The second-order valence-corrected chi connectivity index (χ2v) is 5.04. The molecule has 0 spiro atoms. The van der Waals surface area contributed by atoms with Crippen LogP contribution in [0.4, 0.5) is 14.8 Å². The van der Waals surface area contributed by atoms with Crippen molar-refractivity contribution in [1.29, 1.82) is 0 Å². The van der Waals surface area contributed by atoms with Gasteiger partial charge in [-0.15, -0.1) is 0 Å². The number of anilines is 1. The summed E-state index contributed by atoms with van der Waals surface area (Å²) in [7, 11) is 0. The van der Waals surface area contributed by atoms with E-state index in [-0.39, 0.29) is 11.8 Å². The zero-order chi connectivity index (χ0) is 17.1. The first-order valence-corrected chi connectivity index (χ1v) is 7.02. The van der Waals surface area contributed by atoms with Crippen LogP contribution < -0.4 is 10.9 Å². The molecule has 9 heteroatoms. The number of benzene rings is 2. The van der Waals surface area contributed by atoms with Gasteiger partial charge in [-0.3, -0.25) is 10.2 Å². The van der Waals surface area contributed by atoms with Crippen molar-refractivity contribution in [2.24, 2.45) is 0 Å². The summed E-state index contributed by atoms with van der Waals surface area (Å²) < 4.78 is 31.9. The van der Waals surface area contributed by atoms with E-state index in [9.17, 15) is 13.6 Å². The van der Waals surface area contributed by atoms with Crippen molar-refractivity contribution in [3.63, 3.8) is 0 Å². The molecule has 0 aliphatic heterocycles. The monoisotopic (exact) mass is 350 g/mol. The molecule has 0 aliphatic rings. The molecule has 0 atom stereocenters. The summed E-state index contributed by atoms with van der Waals surface area (Å²) in [6.07, 6.45) is 0. The van der Waals surface area contributed by atoms with Crippen molar-refractivity contribution in [3.05, 3.63) is 64.7 Å². The number of hydrogen-bond acceptors (Lipinski definition) is 5. The second kappa shape index (κ2) is 6.63. The van der Waals surface area contributed by atoms with E-state index in [0.717, 1.165) is 18.2 Å². The Bertz CT molecular complexity index is 863. The van der Waals surface area contributed by atoms with Crippen molar-refractivity contribution >= 4 is 23.5 Å². The first kappa shape index (κ1) is 15.9. The highest BCUT2D eigenvalue weighted by Gasteiger charge is 2.17. The van der Waals surface area contributed by atoms with Crippen LogP contribution >= 0.6 is 11.6 Å². The average Bonchev–Trinajstić information content (AvgIpc) is 3.02. The molecule has 3 rings (SSSR count). The molecule has 0 saturated heterocycles. The van der Waals surface area contributed by atoms with Crippen LogP contribution in [0.1, 0.15) is 10.4 Å². The largest absolute Gasteiger partial charge is 0.340 e. The predicted octanol–water partition coefficient (Wildman–Crippen LogP) is 3.43. The lowest BCUT2D eigenvalue weighted by Gasteiger charge is -2.06. The Labute approximate surface area is 139 Å². The SMILES string of the molecule is O=C(NNc1nc(-c2ccc(Cl)cc2)no1)c1c(F)cccc1F. The zero-order valence-electron chi connectivity index (χ0n) is 11.9. The molecule has 0 fully saturated rings. The molecule has 0 saturated carbocycles. The van der Waals surface area contributed by atoms with Gasteiger partial charge in [0.2, 0.25) is 5.82 Å².